The SMILES string of the molecule is C[C@H]1CCCC[C@H]1NC(=O)c1ccc(Br)cc1. The first kappa shape index (κ1) is 12.6. The van der Waals surface area contributed by atoms with Crippen LogP contribution in [-0.4, -0.2) is 11.9 Å². The first-order valence-corrected chi connectivity index (χ1v) is 7.02. The number of nitrogens with one attached hydrogen (secondary N) is 1. The standard InChI is InChI=1S/C14H18BrNO/c1-10-4-2-3-5-13(10)16-14(17)11-6-8-12(15)9-7-11/h6-10,13H,2-5H2,1H3,(H,16,17)/t10-,13+/m0/s1. The molecule has 3 heteroatoms. The molecule has 17 heavy (non-hydrogen) atoms. The Morgan fingerprint density at radius 1 is 1.24 bits per heavy atom. The molecule has 1 amide bonds. The zero-order chi connectivity index (χ0) is 12.3. The fraction of sp³-hybridized carbons (Fsp3) is 0.500. The van der Waals surface area contributed by atoms with Crippen molar-refractivity contribution in [3.8, 4) is 0 Å². The van der Waals surface area contributed by atoms with Gasteiger partial charge in [0, 0.05) is 16.1 Å². The van der Waals surface area contributed by atoms with Gasteiger partial charge in [-0.2, -0.15) is 0 Å². The average Bonchev–Trinajstić information content (AvgIpc) is 2.33. The molecule has 0 aliphatic heterocycles. The Morgan fingerprint density at radius 3 is 2.53 bits per heavy atom. The third-order valence-electron chi connectivity index (χ3n) is 3.53. The van der Waals surface area contributed by atoms with Crippen LogP contribution in [0.25, 0.3) is 0 Å². The van der Waals surface area contributed by atoms with Crippen LogP contribution in [-0.2, 0) is 0 Å². The number of hydrogen-bond acceptors (Lipinski definition) is 1. The fourth-order valence-corrected chi connectivity index (χ4v) is 2.65. The largest absolute Gasteiger partial charge is 0.349 e. The molecule has 0 heterocycles. The van der Waals surface area contributed by atoms with Crippen LogP contribution in [0.2, 0.25) is 0 Å². The number of rotatable bonds is 2. The second-order valence-electron chi connectivity index (χ2n) is 4.85. The highest BCUT2D eigenvalue weighted by Crippen LogP contribution is 2.24. The van der Waals surface area contributed by atoms with Crippen LogP contribution in [0.15, 0.2) is 28.7 Å². The second kappa shape index (κ2) is 5.67. The topological polar surface area (TPSA) is 29.1 Å². The van der Waals surface area contributed by atoms with E-state index in [2.05, 4.69) is 28.2 Å². The van der Waals surface area contributed by atoms with Gasteiger partial charge in [-0.05, 0) is 43.0 Å². The molecule has 0 aromatic heterocycles. The molecule has 1 fully saturated rings. The summed E-state index contributed by atoms with van der Waals surface area (Å²) < 4.78 is 1.00. The predicted molar refractivity (Wildman–Crippen MR) is 73.0 cm³/mol. The maximum absolute atomic E-state index is 12.0. The van der Waals surface area contributed by atoms with Crippen LogP contribution in [0.3, 0.4) is 0 Å². The van der Waals surface area contributed by atoms with E-state index in [4.69, 9.17) is 0 Å². The molecule has 1 saturated carbocycles. The van der Waals surface area contributed by atoms with Gasteiger partial charge in [0.15, 0.2) is 0 Å². The molecule has 2 nitrogen and oxygen atoms in total. The van der Waals surface area contributed by atoms with E-state index in [9.17, 15) is 4.79 Å². The summed E-state index contributed by atoms with van der Waals surface area (Å²) in [5, 5.41) is 3.15. The molecule has 92 valence electrons. The number of halogens is 1. The average molecular weight is 296 g/mol. The number of carbonyl (C=O) groups is 1. The van der Waals surface area contributed by atoms with Crippen LogP contribution in [0, 0.1) is 5.92 Å². The van der Waals surface area contributed by atoms with E-state index in [1.807, 2.05) is 24.3 Å². The molecular weight excluding hydrogens is 278 g/mol. The van der Waals surface area contributed by atoms with Crippen LogP contribution in [0.4, 0.5) is 0 Å². The smallest absolute Gasteiger partial charge is 0.251 e. The maximum atomic E-state index is 12.0. The molecule has 2 rings (SSSR count). The highest BCUT2D eigenvalue weighted by molar-refractivity contribution is 9.10. The third-order valence-corrected chi connectivity index (χ3v) is 4.06. The number of benzene rings is 1. The van der Waals surface area contributed by atoms with Gasteiger partial charge in [-0.15, -0.1) is 0 Å². The van der Waals surface area contributed by atoms with Crippen molar-refractivity contribution in [3.05, 3.63) is 34.3 Å². The molecule has 1 aromatic carbocycles. The summed E-state index contributed by atoms with van der Waals surface area (Å²) in [5.41, 5.74) is 0.742. The number of amides is 1. The van der Waals surface area contributed by atoms with Crippen molar-refractivity contribution >= 4 is 21.8 Å². The van der Waals surface area contributed by atoms with Gasteiger partial charge in [0.25, 0.3) is 5.91 Å². The lowest BCUT2D eigenvalue weighted by molar-refractivity contribution is 0.0910. The summed E-state index contributed by atoms with van der Waals surface area (Å²) in [5.74, 6) is 0.652. The van der Waals surface area contributed by atoms with Gasteiger partial charge < -0.3 is 5.32 Å². The molecule has 1 N–H and O–H groups in total. The minimum Gasteiger partial charge on any atom is -0.349 e. The van der Waals surface area contributed by atoms with E-state index in [1.165, 1.54) is 19.3 Å². The highest BCUT2D eigenvalue weighted by Gasteiger charge is 2.22. The minimum atomic E-state index is 0.0521. The van der Waals surface area contributed by atoms with Crippen molar-refractivity contribution in [2.24, 2.45) is 5.92 Å². The highest BCUT2D eigenvalue weighted by atomic mass is 79.9. The molecule has 0 unspecified atom stereocenters. The van der Waals surface area contributed by atoms with E-state index < -0.39 is 0 Å². The Morgan fingerprint density at radius 2 is 1.88 bits per heavy atom. The van der Waals surface area contributed by atoms with E-state index in [0.717, 1.165) is 16.5 Å². The van der Waals surface area contributed by atoms with Gasteiger partial charge in [-0.25, -0.2) is 0 Å². The van der Waals surface area contributed by atoms with Gasteiger partial charge in [-0.1, -0.05) is 35.7 Å². The summed E-state index contributed by atoms with van der Waals surface area (Å²) in [6, 6.07) is 7.86. The van der Waals surface area contributed by atoms with Crippen molar-refractivity contribution in [2.45, 2.75) is 38.6 Å². The summed E-state index contributed by atoms with van der Waals surface area (Å²) in [4.78, 5) is 12.0. The number of hydrogen-bond donors (Lipinski definition) is 1. The predicted octanol–water partition coefficient (Wildman–Crippen LogP) is 3.76. The summed E-state index contributed by atoms with van der Waals surface area (Å²) >= 11 is 3.37. The lowest BCUT2D eigenvalue weighted by atomic mass is 9.86. The van der Waals surface area contributed by atoms with E-state index in [0.29, 0.717) is 12.0 Å². The molecule has 1 aliphatic carbocycles. The quantitative estimate of drug-likeness (QED) is 0.884. The van der Waals surface area contributed by atoms with E-state index in [-0.39, 0.29) is 5.91 Å². The van der Waals surface area contributed by atoms with Crippen LogP contribution < -0.4 is 5.32 Å². The van der Waals surface area contributed by atoms with Gasteiger partial charge in [0.1, 0.15) is 0 Å². The molecular formula is C14H18BrNO. The molecule has 1 aromatic rings. The lowest BCUT2D eigenvalue weighted by Crippen LogP contribution is -2.41. The zero-order valence-electron chi connectivity index (χ0n) is 10.1. The Labute approximate surface area is 111 Å². The first-order chi connectivity index (χ1) is 8.16. The van der Waals surface area contributed by atoms with Gasteiger partial charge in [-0.3, -0.25) is 4.79 Å². The van der Waals surface area contributed by atoms with E-state index >= 15 is 0 Å². The summed E-state index contributed by atoms with van der Waals surface area (Å²) in [7, 11) is 0. The molecule has 0 saturated heterocycles. The fourth-order valence-electron chi connectivity index (χ4n) is 2.38. The summed E-state index contributed by atoms with van der Waals surface area (Å²) in [6.45, 7) is 2.23. The first-order valence-electron chi connectivity index (χ1n) is 6.23. The second-order valence-corrected chi connectivity index (χ2v) is 5.76. The zero-order valence-corrected chi connectivity index (χ0v) is 11.7. The molecule has 2 atom stereocenters. The molecule has 0 radical (unpaired) electrons. The monoisotopic (exact) mass is 295 g/mol. The van der Waals surface area contributed by atoms with Crippen molar-refractivity contribution < 1.29 is 4.79 Å². The Hall–Kier alpha value is -0.830. The van der Waals surface area contributed by atoms with Crippen molar-refractivity contribution in [3.63, 3.8) is 0 Å². The molecule has 0 spiro atoms. The summed E-state index contributed by atoms with van der Waals surface area (Å²) in [6.07, 6.45) is 4.87. The van der Waals surface area contributed by atoms with Crippen molar-refractivity contribution in [1.82, 2.24) is 5.32 Å². The van der Waals surface area contributed by atoms with Gasteiger partial charge in [0.05, 0.1) is 0 Å². The lowest BCUT2D eigenvalue weighted by Gasteiger charge is -2.29. The van der Waals surface area contributed by atoms with Gasteiger partial charge in [0.2, 0.25) is 0 Å². The van der Waals surface area contributed by atoms with Crippen molar-refractivity contribution in [1.29, 1.82) is 0 Å². The molecule has 1 aliphatic rings. The number of carbonyl (C=O) groups excluding carboxylic acids is 1. The Bertz CT molecular complexity index is 388. The Kier molecular flexibility index (Phi) is 4.21. The third kappa shape index (κ3) is 3.32. The van der Waals surface area contributed by atoms with Crippen LogP contribution in [0.5, 0.6) is 0 Å². The Balaban J connectivity index is 1.98. The minimum absolute atomic E-state index is 0.0521. The maximum Gasteiger partial charge on any atom is 0.251 e. The molecule has 0 bridgehead atoms. The van der Waals surface area contributed by atoms with Gasteiger partial charge >= 0.3 is 0 Å². The van der Waals surface area contributed by atoms with Crippen LogP contribution in [0.1, 0.15) is 43.0 Å². The van der Waals surface area contributed by atoms with Crippen molar-refractivity contribution in [2.75, 3.05) is 0 Å². The normalized spacial score (nSPS) is 24.4. The van der Waals surface area contributed by atoms with E-state index in [1.54, 1.807) is 0 Å². The van der Waals surface area contributed by atoms with Crippen LogP contribution >= 0.6 is 15.9 Å².